The average molecular weight is 359 g/mol. The highest BCUT2D eigenvalue weighted by molar-refractivity contribution is 6.08. The molecular weight excluding hydrogens is 345 g/mol. The first-order valence-electron chi connectivity index (χ1n) is 8.03. The van der Waals surface area contributed by atoms with Crippen LogP contribution in [0, 0.1) is 17.1 Å². The fourth-order valence-corrected chi connectivity index (χ4v) is 2.44. The second kappa shape index (κ2) is 7.93. The summed E-state index contributed by atoms with van der Waals surface area (Å²) < 4.78 is 13.2. The first-order chi connectivity index (χ1) is 13.0. The number of rotatable bonds is 4. The van der Waals surface area contributed by atoms with E-state index in [-0.39, 0.29) is 11.1 Å². The van der Waals surface area contributed by atoms with Crippen LogP contribution in [0.1, 0.15) is 26.3 Å². The molecule has 3 rings (SSSR count). The van der Waals surface area contributed by atoms with Gasteiger partial charge in [0.05, 0.1) is 11.6 Å². The monoisotopic (exact) mass is 359 g/mol. The molecule has 27 heavy (non-hydrogen) atoms. The third-order valence-corrected chi connectivity index (χ3v) is 3.72. The summed E-state index contributed by atoms with van der Waals surface area (Å²) in [6, 6.07) is 20.2. The second-order valence-corrected chi connectivity index (χ2v) is 5.69. The number of hydrogen-bond donors (Lipinski definition) is 2. The number of halogens is 1. The van der Waals surface area contributed by atoms with E-state index in [0.29, 0.717) is 16.9 Å². The zero-order chi connectivity index (χ0) is 19.2. The van der Waals surface area contributed by atoms with Crippen molar-refractivity contribution in [1.82, 2.24) is 0 Å². The molecule has 2 N–H and O–H groups in total. The summed E-state index contributed by atoms with van der Waals surface area (Å²) >= 11 is 0. The van der Waals surface area contributed by atoms with Crippen LogP contribution >= 0.6 is 0 Å². The Labute approximate surface area is 155 Å². The molecular formula is C21H14FN3O2. The largest absolute Gasteiger partial charge is 0.322 e. The Morgan fingerprint density at radius 1 is 0.778 bits per heavy atom. The molecule has 0 saturated heterocycles. The van der Waals surface area contributed by atoms with Gasteiger partial charge in [0, 0.05) is 22.5 Å². The molecule has 3 aromatic rings. The fraction of sp³-hybridized carbons (Fsp3) is 0. The number of nitriles is 1. The van der Waals surface area contributed by atoms with Crippen LogP contribution in [0.3, 0.4) is 0 Å². The molecule has 0 bridgehead atoms. The predicted molar refractivity (Wildman–Crippen MR) is 99.9 cm³/mol. The normalized spacial score (nSPS) is 9.93. The topological polar surface area (TPSA) is 82.0 Å². The molecule has 0 unspecified atom stereocenters. The van der Waals surface area contributed by atoms with Crippen molar-refractivity contribution in [3.05, 3.63) is 95.3 Å². The third kappa shape index (κ3) is 4.55. The number of hydrogen-bond acceptors (Lipinski definition) is 3. The second-order valence-electron chi connectivity index (χ2n) is 5.69. The van der Waals surface area contributed by atoms with E-state index >= 15 is 0 Å². The van der Waals surface area contributed by atoms with Crippen molar-refractivity contribution in [2.45, 2.75) is 0 Å². The molecule has 2 amide bonds. The minimum absolute atomic E-state index is 0.262. The van der Waals surface area contributed by atoms with E-state index in [4.69, 9.17) is 5.26 Å². The molecule has 0 spiro atoms. The summed E-state index contributed by atoms with van der Waals surface area (Å²) in [5.74, 6) is -1.33. The quantitative estimate of drug-likeness (QED) is 0.732. The molecule has 0 fully saturated rings. The van der Waals surface area contributed by atoms with Gasteiger partial charge in [0.15, 0.2) is 0 Å². The molecule has 3 aromatic carbocycles. The Hall–Kier alpha value is -3.98. The number of nitrogens with one attached hydrogen (secondary N) is 2. The third-order valence-electron chi connectivity index (χ3n) is 3.72. The molecule has 0 aliphatic heterocycles. The molecule has 132 valence electrons. The lowest BCUT2D eigenvalue weighted by molar-refractivity contribution is 0.102. The van der Waals surface area contributed by atoms with Crippen molar-refractivity contribution in [3.8, 4) is 6.07 Å². The average Bonchev–Trinajstić information content (AvgIpc) is 2.68. The van der Waals surface area contributed by atoms with Crippen LogP contribution in [-0.2, 0) is 0 Å². The summed E-state index contributed by atoms with van der Waals surface area (Å²) in [7, 11) is 0. The van der Waals surface area contributed by atoms with Crippen LogP contribution in [0.25, 0.3) is 0 Å². The van der Waals surface area contributed by atoms with Crippen LogP contribution in [0.15, 0.2) is 72.8 Å². The Kier molecular flexibility index (Phi) is 5.24. The maximum Gasteiger partial charge on any atom is 0.255 e. The molecule has 6 heteroatoms. The maximum atomic E-state index is 13.2. The van der Waals surface area contributed by atoms with Crippen molar-refractivity contribution in [1.29, 1.82) is 5.26 Å². The Balaban J connectivity index is 1.75. The summed E-state index contributed by atoms with van der Waals surface area (Å²) in [4.78, 5) is 24.8. The van der Waals surface area contributed by atoms with Gasteiger partial charge in [0.25, 0.3) is 11.8 Å². The minimum atomic E-state index is -0.458. The molecule has 0 saturated carbocycles. The van der Waals surface area contributed by atoms with E-state index in [1.807, 2.05) is 6.07 Å². The van der Waals surface area contributed by atoms with Gasteiger partial charge >= 0.3 is 0 Å². The summed E-state index contributed by atoms with van der Waals surface area (Å²) in [6.45, 7) is 0. The summed E-state index contributed by atoms with van der Waals surface area (Å²) in [5, 5.41) is 14.2. The Morgan fingerprint density at radius 3 is 1.93 bits per heavy atom. The molecule has 0 aliphatic rings. The lowest BCUT2D eigenvalue weighted by Crippen LogP contribution is -2.15. The number of carbonyl (C=O) groups is 2. The Morgan fingerprint density at radius 2 is 1.33 bits per heavy atom. The lowest BCUT2D eigenvalue weighted by Gasteiger charge is -2.08. The highest BCUT2D eigenvalue weighted by atomic mass is 19.1. The zero-order valence-corrected chi connectivity index (χ0v) is 14.1. The standard InChI is InChI=1S/C21H14FN3O2/c22-17-7-3-9-19(12-17)25-21(27)16-6-2-5-15(11-16)20(26)24-18-8-1-4-14(10-18)13-23/h1-12H,(H,24,26)(H,25,27). The van der Waals surface area contributed by atoms with E-state index in [9.17, 15) is 14.0 Å². The van der Waals surface area contributed by atoms with Crippen molar-refractivity contribution in [3.63, 3.8) is 0 Å². The van der Waals surface area contributed by atoms with Gasteiger partial charge in [0.1, 0.15) is 5.82 Å². The smallest absolute Gasteiger partial charge is 0.255 e. The van der Waals surface area contributed by atoms with E-state index in [1.54, 1.807) is 48.5 Å². The van der Waals surface area contributed by atoms with Crippen LogP contribution < -0.4 is 10.6 Å². The van der Waals surface area contributed by atoms with Gasteiger partial charge in [0.2, 0.25) is 0 Å². The SMILES string of the molecule is N#Cc1cccc(NC(=O)c2cccc(C(=O)Nc3cccc(F)c3)c2)c1. The molecule has 5 nitrogen and oxygen atoms in total. The highest BCUT2D eigenvalue weighted by Crippen LogP contribution is 2.15. The molecule has 0 heterocycles. The first kappa shape index (κ1) is 17.8. The van der Waals surface area contributed by atoms with E-state index in [2.05, 4.69) is 10.6 Å². The number of carbonyl (C=O) groups excluding carboxylic acids is 2. The molecule has 0 atom stereocenters. The van der Waals surface area contributed by atoms with Gasteiger partial charge in [-0.3, -0.25) is 9.59 Å². The van der Waals surface area contributed by atoms with Gasteiger partial charge in [-0.05, 0) is 54.6 Å². The lowest BCUT2D eigenvalue weighted by atomic mass is 10.1. The van der Waals surface area contributed by atoms with Crippen LogP contribution in [0.5, 0.6) is 0 Å². The van der Waals surface area contributed by atoms with Gasteiger partial charge in [-0.15, -0.1) is 0 Å². The van der Waals surface area contributed by atoms with Crippen molar-refractivity contribution >= 4 is 23.2 Å². The maximum absolute atomic E-state index is 13.2. The first-order valence-corrected chi connectivity index (χ1v) is 8.03. The Bertz CT molecular complexity index is 1060. The van der Waals surface area contributed by atoms with E-state index < -0.39 is 17.6 Å². The van der Waals surface area contributed by atoms with E-state index in [0.717, 1.165) is 0 Å². The van der Waals surface area contributed by atoms with Crippen molar-refractivity contribution in [2.24, 2.45) is 0 Å². The van der Waals surface area contributed by atoms with Gasteiger partial charge in [-0.2, -0.15) is 5.26 Å². The van der Waals surface area contributed by atoms with Crippen molar-refractivity contribution < 1.29 is 14.0 Å². The van der Waals surface area contributed by atoms with Crippen LogP contribution in [-0.4, -0.2) is 11.8 Å². The molecule has 0 radical (unpaired) electrons. The molecule has 0 aliphatic carbocycles. The van der Waals surface area contributed by atoms with Crippen molar-refractivity contribution in [2.75, 3.05) is 10.6 Å². The minimum Gasteiger partial charge on any atom is -0.322 e. The van der Waals surface area contributed by atoms with Crippen LogP contribution in [0.2, 0.25) is 0 Å². The van der Waals surface area contributed by atoms with Crippen LogP contribution in [0.4, 0.5) is 15.8 Å². The fourth-order valence-electron chi connectivity index (χ4n) is 2.44. The molecule has 0 aromatic heterocycles. The van der Waals surface area contributed by atoms with Gasteiger partial charge in [-0.1, -0.05) is 18.2 Å². The van der Waals surface area contributed by atoms with Gasteiger partial charge < -0.3 is 10.6 Å². The highest BCUT2D eigenvalue weighted by Gasteiger charge is 2.11. The summed E-state index contributed by atoms with van der Waals surface area (Å²) in [5.41, 5.74) is 1.77. The summed E-state index contributed by atoms with van der Waals surface area (Å²) in [6.07, 6.45) is 0. The van der Waals surface area contributed by atoms with Gasteiger partial charge in [-0.25, -0.2) is 4.39 Å². The number of nitrogens with zero attached hydrogens (tertiary/aromatic N) is 1. The predicted octanol–water partition coefficient (Wildman–Crippen LogP) is 4.20. The number of amides is 2. The number of anilines is 2. The van der Waals surface area contributed by atoms with E-state index in [1.165, 1.54) is 24.3 Å². The zero-order valence-electron chi connectivity index (χ0n) is 14.1. The number of benzene rings is 3.